The van der Waals surface area contributed by atoms with Crippen molar-refractivity contribution < 1.29 is 4.42 Å². The number of aromatic nitrogens is 2. The fourth-order valence-electron chi connectivity index (χ4n) is 10.4. The second-order valence-electron chi connectivity index (χ2n) is 16.9. The summed E-state index contributed by atoms with van der Waals surface area (Å²) < 4.78 is 13.7. The molecule has 0 N–H and O–H groups in total. The average Bonchev–Trinajstić information content (AvgIpc) is 4.11. The van der Waals surface area contributed by atoms with Gasteiger partial charge >= 0.3 is 0 Å². The Balaban J connectivity index is 0.871. The van der Waals surface area contributed by atoms with Crippen molar-refractivity contribution in [3.8, 4) is 44.8 Å². The summed E-state index contributed by atoms with van der Waals surface area (Å²) in [6.07, 6.45) is 0. The molecule has 4 heterocycles. The lowest BCUT2D eigenvalue weighted by Gasteiger charge is -2.11. The van der Waals surface area contributed by atoms with E-state index in [9.17, 15) is 0 Å². The van der Waals surface area contributed by atoms with Crippen molar-refractivity contribution in [1.82, 2.24) is 9.13 Å². The fraction of sp³-hybridized carbons (Fsp3) is 0. The van der Waals surface area contributed by atoms with Crippen LogP contribution in [-0.2, 0) is 0 Å². The molecule has 64 heavy (non-hydrogen) atoms. The summed E-state index contributed by atoms with van der Waals surface area (Å²) in [6.45, 7) is 0. The van der Waals surface area contributed by atoms with Gasteiger partial charge in [-0.05, 0) is 130 Å². The van der Waals surface area contributed by atoms with Crippen LogP contribution in [-0.4, -0.2) is 9.13 Å². The Labute approximate surface area is 371 Å². The van der Waals surface area contributed by atoms with Gasteiger partial charge in [-0.25, -0.2) is 0 Å². The van der Waals surface area contributed by atoms with Crippen molar-refractivity contribution in [3.63, 3.8) is 0 Å². The predicted molar refractivity (Wildman–Crippen MR) is 272 cm³/mol. The van der Waals surface area contributed by atoms with E-state index in [4.69, 9.17) is 4.42 Å². The summed E-state index contributed by atoms with van der Waals surface area (Å²) in [5.41, 5.74) is 16.1. The molecule has 0 fully saturated rings. The van der Waals surface area contributed by atoms with Gasteiger partial charge < -0.3 is 13.6 Å². The van der Waals surface area contributed by atoms with E-state index >= 15 is 0 Å². The number of para-hydroxylation sites is 4. The summed E-state index contributed by atoms with van der Waals surface area (Å²) in [7, 11) is 0. The van der Waals surface area contributed by atoms with Crippen molar-refractivity contribution in [3.05, 3.63) is 218 Å². The molecule has 0 bridgehead atoms. The molecule has 0 spiro atoms. The normalized spacial score (nSPS) is 12.1. The minimum absolute atomic E-state index is 0.907. The van der Waals surface area contributed by atoms with E-state index in [-0.39, 0.29) is 0 Å². The molecule has 0 aliphatic rings. The molecular weight excluding hydrogens is 797 g/mol. The summed E-state index contributed by atoms with van der Waals surface area (Å²) in [4.78, 5) is 0. The molecule has 4 heteroatoms. The van der Waals surface area contributed by atoms with Crippen LogP contribution in [0.4, 0.5) is 0 Å². The van der Waals surface area contributed by atoms with Crippen molar-refractivity contribution >= 4 is 97.1 Å². The van der Waals surface area contributed by atoms with E-state index in [2.05, 4.69) is 215 Å². The lowest BCUT2D eigenvalue weighted by atomic mass is 9.98. The van der Waals surface area contributed by atoms with Gasteiger partial charge in [-0.1, -0.05) is 121 Å². The highest BCUT2D eigenvalue weighted by atomic mass is 32.1. The maximum atomic E-state index is 6.28. The maximum absolute atomic E-state index is 6.28. The summed E-state index contributed by atoms with van der Waals surface area (Å²) >= 11 is 1.87. The Morgan fingerprint density at radius 3 is 1.44 bits per heavy atom. The number of thiophene rings is 1. The highest BCUT2D eigenvalue weighted by Gasteiger charge is 2.18. The zero-order valence-corrected chi connectivity index (χ0v) is 35.3. The van der Waals surface area contributed by atoms with Crippen LogP contribution in [0.3, 0.4) is 0 Å². The summed E-state index contributed by atoms with van der Waals surface area (Å²) in [6, 6.07) is 79.8. The Hall–Kier alpha value is -8.18. The Kier molecular flexibility index (Phi) is 7.56. The van der Waals surface area contributed by atoms with Crippen LogP contribution in [0.2, 0.25) is 0 Å². The number of furan rings is 1. The Morgan fingerprint density at radius 1 is 0.297 bits per heavy atom. The zero-order chi connectivity index (χ0) is 41.9. The molecule has 0 unspecified atom stereocenters. The first kappa shape index (κ1) is 35.4. The molecule has 0 radical (unpaired) electrons. The van der Waals surface area contributed by atoms with Crippen molar-refractivity contribution in [1.29, 1.82) is 0 Å². The van der Waals surface area contributed by atoms with Gasteiger partial charge in [0.2, 0.25) is 0 Å². The van der Waals surface area contributed by atoms with E-state index in [1.165, 1.54) is 97.3 Å². The largest absolute Gasteiger partial charge is 0.456 e. The summed E-state index contributed by atoms with van der Waals surface area (Å²) in [5.74, 6) is 0. The van der Waals surface area contributed by atoms with E-state index < -0.39 is 0 Å². The number of benzene rings is 10. The molecule has 0 atom stereocenters. The Morgan fingerprint density at radius 2 is 0.781 bits per heavy atom. The van der Waals surface area contributed by atoms with Crippen molar-refractivity contribution in [2.75, 3.05) is 0 Å². The lowest BCUT2D eigenvalue weighted by molar-refractivity contribution is 0.669. The molecule has 298 valence electrons. The van der Waals surface area contributed by atoms with E-state index in [1.54, 1.807) is 0 Å². The second kappa shape index (κ2) is 13.7. The monoisotopic (exact) mass is 832 g/mol. The third-order valence-electron chi connectivity index (χ3n) is 13.3. The van der Waals surface area contributed by atoms with Gasteiger partial charge in [0.05, 0.1) is 22.1 Å². The van der Waals surface area contributed by atoms with Gasteiger partial charge in [0, 0.05) is 63.9 Å². The molecule has 0 saturated heterocycles. The number of hydrogen-bond donors (Lipinski definition) is 0. The Bertz CT molecular complexity index is 4200. The molecule has 0 aliphatic heterocycles. The SMILES string of the molecule is c1ccc(-n2c3ccccc3c3cc(-c4ccc5sc6ccc(-c7ccc8c(c7)c7ccccc7n8-c7cccc(-c8cccc9oc%10ccccc%10c89)c7)cc6c5c4)ccc32)cc1. The van der Waals surface area contributed by atoms with Gasteiger partial charge in [0.25, 0.3) is 0 Å². The van der Waals surface area contributed by atoms with Gasteiger partial charge in [-0.2, -0.15) is 0 Å². The molecule has 10 aromatic carbocycles. The van der Waals surface area contributed by atoms with Crippen LogP contribution in [0.25, 0.3) is 130 Å². The molecule has 0 saturated carbocycles. The van der Waals surface area contributed by atoms with Crippen LogP contribution in [0.15, 0.2) is 223 Å². The van der Waals surface area contributed by atoms with Crippen LogP contribution < -0.4 is 0 Å². The smallest absolute Gasteiger partial charge is 0.136 e. The van der Waals surface area contributed by atoms with Gasteiger partial charge in [0.15, 0.2) is 0 Å². The van der Waals surface area contributed by atoms with Crippen molar-refractivity contribution in [2.45, 2.75) is 0 Å². The van der Waals surface area contributed by atoms with Crippen LogP contribution >= 0.6 is 11.3 Å². The maximum Gasteiger partial charge on any atom is 0.136 e. The highest BCUT2D eigenvalue weighted by Crippen LogP contribution is 2.43. The molecule has 0 aliphatic carbocycles. The van der Waals surface area contributed by atoms with Gasteiger partial charge in [-0.3, -0.25) is 0 Å². The topological polar surface area (TPSA) is 23.0 Å². The first-order valence-electron chi connectivity index (χ1n) is 21.8. The third kappa shape index (κ3) is 5.27. The predicted octanol–water partition coefficient (Wildman–Crippen LogP) is 17.1. The van der Waals surface area contributed by atoms with Gasteiger partial charge in [0.1, 0.15) is 11.2 Å². The third-order valence-corrected chi connectivity index (χ3v) is 14.5. The fourth-order valence-corrected chi connectivity index (χ4v) is 11.5. The van der Waals surface area contributed by atoms with Crippen LogP contribution in [0, 0.1) is 0 Å². The first-order valence-corrected chi connectivity index (χ1v) is 22.6. The van der Waals surface area contributed by atoms with E-state index in [0.717, 1.165) is 33.2 Å². The average molecular weight is 833 g/mol. The quantitative estimate of drug-likeness (QED) is 0.169. The van der Waals surface area contributed by atoms with E-state index in [1.807, 2.05) is 23.5 Å². The van der Waals surface area contributed by atoms with Crippen LogP contribution in [0.5, 0.6) is 0 Å². The van der Waals surface area contributed by atoms with Gasteiger partial charge in [-0.15, -0.1) is 11.3 Å². The number of hydrogen-bond acceptors (Lipinski definition) is 2. The molecular formula is C60H36N2OS. The minimum Gasteiger partial charge on any atom is -0.456 e. The summed E-state index contributed by atoms with van der Waals surface area (Å²) in [5, 5.41) is 9.88. The molecule has 4 aromatic heterocycles. The number of fused-ring (bicyclic) bond motifs is 12. The lowest BCUT2D eigenvalue weighted by Crippen LogP contribution is -1.94. The molecule has 14 aromatic rings. The number of nitrogens with zero attached hydrogens (tertiary/aromatic N) is 2. The molecule has 14 rings (SSSR count). The second-order valence-corrected chi connectivity index (χ2v) is 17.9. The minimum atomic E-state index is 0.907. The van der Waals surface area contributed by atoms with Crippen molar-refractivity contribution in [2.24, 2.45) is 0 Å². The standard InChI is InChI=1S/C60H36N2OS/c1-2-13-42(14-3-1)61-52-20-7-4-16-45(52)48-33-37(24-28-54(48)61)39-26-30-58-50(35-39)51-36-40(27-31-59(51)64-58)38-25-29-55-49(34-38)46-17-5-8-21-53(46)62(55)43-15-10-12-41(32-43)44-19-11-23-57-60(44)47-18-6-9-22-56(47)63-57/h1-36H. The highest BCUT2D eigenvalue weighted by molar-refractivity contribution is 7.25. The zero-order valence-electron chi connectivity index (χ0n) is 34.5. The number of rotatable bonds is 5. The molecule has 0 amide bonds. The first-order chi connectivity index (χ1) is 31.7. The van der Waals surface area contributed by atoms with Crippen LogP contribution in [0.1, 0.15) is 0 Å². The molecule has 3 nitrogen and oxygen atoms in total. The van der Waals surface area contributed by atoms with E-state index in [0.29, 0.717) is 0 Å².